The third-order valence-corrected chi connectivity index (χ3v) is 2.15. The summed E-state index contributed by atoms with van der Waals surface area (Å²) in [5.74, 6) is -0.00133. The molecule has 0 saturated heterocycles. The first-order valence-corrected chi connectivity index (χ1v) is 4.74. The summed E-state index contributed by atoms with van der Waals surface area (Å²) >= 11 is 0. The Morgan fingerprint density at radius 2 is 1.41 bits per heavy atom. The van der Waals surface area contributed by atoms with Crippen LogP contribution in [0, 0.1) is 0 Å². The molecule has 4 nitrogen and oxygen atoms in total. The molecule has 2 rings (SSSR count). The molecule has 0 bridgehead atoms. The number of phenolic OH excluding ortho intramolecular Hbond substituents is 3. The number of phenols is 3. The van der Waals surface area contributed by atoms with Gasteiger partial charge in [-0.05, 0) is 24.3 Å². The first-order chi connectivity index (χ1) is 7.66. The van der Waals surface area contributed by atoms with Gasteiger partial charge in [0.15, 0.2) is 0 Å². The zero-order chi connectivity index (χ0) is 11.5. The fourth-order valence-corrected chi connectivity index (χ4v) is 1.35. The lowest BCUT2D eigenvalue weighted by Crippen LogP contribution is -1.90. The molecule has 0 atom stereocenters. The molecule has 0 fully saturated rings. The van der Waals surface area contributed by atoms with Crippen molar-refractivity contribution in [3.63, 3.8) is 0 Å². The highest BCUT2D eigenvalue weighted by Crippen LogP contribution is 2.32. The molecular formula is C12H12ClNO3. The smallest absolute Gasteiger partial charge is 0.142 e. The van der Waals surface area contributed by atoms with Crippen molar-refractivity contribution in [2.75, 3.05) is 5.32 Å². The number of nitrogens with one attached hydrogen (secondary N) is 1. The van der Waals surface area contributed by atoms with Crippen molar-refractivity contribution in [2.45, 2.75) is 0 Å². The Balaban J connectivity index is 0.00000144. The molecule has 90 valence electrons. The number of para-hydroxylation sites is 2. The number of hydrogen-bond donors (Lipinski definition) is 4. The van der Waals surface area contributed by atoms with E-state index in [0.717, 1.165) is 0 Å². The number of anilines is 2. The van der Waals surface area contributed by atoms with E-state index in [1.165, 1.54) is 18.2 Å². The first-order valence-electron chi connectivity index (χ1n) is 4.74. The van der Waals surface area contributed by atoms with Gasteiger partial charge >= 0.3 is 0 Å². The van der Waals surface area contributed by atoms with E-state index in [1.54, 1.807) is 24.3 Å². The zero-order valence-corrected chi connectivity index (χ0v) is 9.61. The van der Waals surface area contributed by atoms with Crippen molar-refractivity contribution in [1.29, 1.82) is 0 Å². The fraction of sp³-hybridized carbons (Fsp3) is 0. The maximum absolute atomic E-state index is 9.54. The summed E-state index contributed by atoms with van der Waals surface area (Å²) in [6.45, 7) is 0. The molecule has 0 radical (unpaired) electrons. The maximum atomic E-state index is 9.54. The summed E-state index contributed by atoms with van der Waals surface area (Å²) in [6.07, 6.45) is 0. The predicted molar refractivity (Wildman–Crippen MR) is 68.4 cm³/mol. The SMILES string of the molecule is Cl.Oc1ccc(Nc2ccccc2O)c(O)c1. The van der Waals surface area contributed by atoms with Crippen molar-refractivity contribution < 1.29 is 15.3 Å². The largest absolute Gasteiger partial charge is 0.508 e. The third kappa shape index (κ3) is 2.95. The van der Waals surface area contributed by atoms with Gasteiger partial charge in [-0.15, -0.1) is 12.4 Å². The van der Waals surface area contributed by atoms with Gasteiger partial charge in [0.05, 0.1) is 11.4 Å². The van der Waals surface area contributed by atoms with Crippen LogP contribution in [0.25, 0.3) is 0 Å². The fourth-order valence-electron chi connectivity index (χ4n) is 1.35. The van der Waals surface area contributed by atoms with E-state index in [9.17, 15) is 10.2 Å². The van der Waals surface area contributed by atoms with Gasteiger partial charge in [-0.25, -0.2) is 0 Å². The summed E-state index contributed by atoms with van der Waals surface area (Å²) in [5, 5.41) is 31.0. The Bertz CT molecular complexity index is 517. The predicted octanol–water partition coefficient (Wildman–Crippen LogP) is 2.97. The van der Waals surface area contributed by atoms with Gasteiger partial charge in [0.2, 0.25) is 0 Å². The molecule has 0 spiro atoms. The van der Waals surface area contributed by atoms with Gasteiger partial charge in [0.1, 0.15) is 17.2 Å². The van der Waals surface area contributed by atoms with Crippen LogP contribution in [0.4, 0.5) is 11.4 Å². The van der Waals surface area contributed by atoms with E-state index in [1.807, 2.05) is 0 Å². The summed E-state index contributed by atoms with van der Waals surface area (Å²) in [4.78, 5) is 0. The van der Waals surface area contributed by atoms with Crippen LogP contribution in [0.2, 0.25) is 0 Å². The minimum Gasteiger partial charge on any atom is -0.508 e. The molecule has 2 aromatic rings. The highest BCUT2D eigenvalue weighted by Gasteiger charge is 2.04. The van der Waals surface area contributed by atoms with Gasteiger partial charge < -0.3 is 20.6 Å². The van der Waals surface area contributed by atoms with Gasteiger partial charge in [-0.2, -0.15) is 0 Å². The Hall–Kier alpha value is -2.07. The molecule has 0 unspecified atom stereocenters. The minimum atomic E-state index is -0.0803. The van der Waals surface area contributed by atoms with Crippen molar-refractivity contribution in [3.8, 4) is 17.2 Å². The molecule has 0 heterocycles. The van der Waals surface area contributed by atoms with Crippen LogP contribution in [0.15, 0.2) is 42.5 Å². The number of halogens is 1. The molecule has 0 aliphatic carbocycles. The van der Waals surface area contributed by atoms with Gasteiger partial charge in [0.25, 0.3) is 0 Å². The van der Waals surface area contributed by atoms with Gasteiger partial charge in [-0.1, -0.05) is 12.1 Å². The van der Waals surface area contributed by atoms with E-state index in [4.69, 9.17) is 5.11 Å². The molecule has 0 aromatic heterocycles. The molecule has 0 aliphatic heterocycles. The Morgan fingerprint density at radius 3 is 2.06 bits per heavy atom. The number of rotatable bonds is 2. The van der Waals surface area contributed by atoms with Crippen LogP contribution in [0.1, 0.15) is 0 Å². The second-order valence-electron chi connectivity index (χ2n) is 3.34. The van der Waals surface area contributed by atoms with Crippen LogP contribution in [0.3, 0.4) is 0 Å². The topological polar surface area (TPSA) is 72.7 Å². The minimum absolute atomic E-state index is 0. The Labute approximate surface area is 105 Å². The van der Waals surface area contributed by atoms with E-state index in [0.29, 0.717) is 11.4 Å². The Morgan fingerprint density at radius 1 is 0.765 bits per heavy atom. The summed E-state index contributed by atoms with van der Waals surface area (Å²) in [7, 11) is 0. The molecule has 0 amide bonds. The van der Waals surface area contributed by atoms with Crippen LogP contribution in [-0.2, 0) is 0 Å². The number of hydrogen-bond acceptors (Lipinski definition) is 4. The molecule has 4 N–H and O–H groups in total. The Kier molecular flexibility index (Phi) is 4.06. The van der Waals surface area contributed by atoms with Crippen LogP contribution >= 0.6 is 12.4 Å². The first kappa shape index (κ1) is 13.0. The lowest BCUT2D eigenvalue weighted by molar-refractivity contribution is 0.452. The zero-order valence-electron chi connectivity index (χ0n) is 8.79. The second kappa shape index (κ2) is 5.32. The number of benzene rings is 2. The standard InChI is InChI=1S/C12H11NO3.ClH/c14-8-5-6-10(12(16)7-8)13-9-3-1-2-4-11(9)15;/h1-7,13-16H;1H. The molecule has 17 heavy (non-hydrogen) atoms. The average Bonchev–Trinajstić information content (AvgIpc) is 2.25. The lowest BCUT2D eigenvalue weighted by Gasteiger charge is -2.09. The van der Waals surface area contributed by atoms with Crippen molar-refractivity contribution >= 4 is 23.8 Å². The summed E-state index contributed by atoms with van der Waals surface area (Å²) < 4.78 is 0. The second-order valence-corrected chi connectivity index (χ2v) is 3.34. The summed E-state index contributed by atoms with van der Waals surface area (Å²) in [6, 6.07) is 10.9. The van der Waals surface area contributed by atoms with E-state index < -0.39 is 0 Å². The summed E-state index contributed by atoms with van der Waals surface area (Å²) in [5.41, 5.74) is 0.905. The van der Waals surface area contributed by atoms with E-state index in [2.05, 4.69) is 5.32 Å². The highest BCUT2D eigenvalue weighted by atomic mass is 35.5. The highest BCUT2D eigenvalue weighted by molar-refractivity contribution is 5.85. The quantitative estimate of drug-likeness (QED) is 0.490. The number of aromatic hydroxyl groups is 3. The molecule has 0 aliphatic rings. The van der Waals surface area contributed by atoms with Crippen LogP contribution in [-0.4, -0.2) is 15.3 Å². The van der Waals surface area contributed by atoms with Crippen LogP contribution in [0.5, 0.6) is 17.2 Å². The van der Waals surface area contributed by atoms with Crippen molar-refractivity contribution in [3.05, 3.63) is 42.5 Å². The van der Waals surface area contributed by atoms with Crippen molar-refractivity contribution in [2.24, 2.45) is 0 Å². The normalized spacial score (nSPS) is 9.41. The van der Waals surface area contributed by atoms with Gasteiger partial charge in [0, 0.05) is 6.07 Å². The maximum Gasteiger partial charge on any atom is 0.142 e. The average molecular weight is 254 g/mol. The molecular weight excluding hydrogens is 242 g/mol. The van der Waals surface area contributed by atoms with Crippen molar-refractivity contribution in [1.82, 2.24) is 0 Å². The van der Waals surface area contributed by atoms with E-state index in [-0.39, 0.29) is 29.7 Å². The van der Waals surface area contributed by atoms with Gasteiger partial charge in [-0.3, -0.25) is 0 Å². The monoisotopic (exact) mass is 253 g/mol. The molecule has 2 aromatic carbocycles. The van der Waals surface area contributed by atoms with Crippen LogP contribution < -0.4 is 5.32 Å². The molecule has 5 heteroatoms. The van der Waals surface area contributed by atoms with E-state index >= 15 is 0 Å². The molecule has 0 saturated carbocycles. The third-order valence-electron chi connectivity index (χ3n) is 2.15. The lowest BCUT2D eigenvalue weighted by atomic mass is 10.2.